The number of aromatic nitrogens is 3. The fraction of sp³-hybridized carbons (Fsp3) is 0.125. The van der Waals surface area contributed by atoms with E-state index in [1.54, 1.807) is 13.0 Å². The molecule has 0 saturated carbocycles. The fourth-order valence-electron chi connectivity index (χ4n) is 2.39. The predicted molar refractivity (Wildman–Crippen MR) is 86.8 cm³/mol. The zero-order chi connectivity index (χ0) is 17.3. The largest absolute Gasteiger partial charge is 0.382 e. The summed E-state index contributed by atoms with van der Waals surface area (Å²) in [5, 5.41) is 12.1. The van der Waals surface area contributed by atoms with Gasteiger partial charge in [0.25, 0.3) is 5.56 Å². The SMILES string of the molecule is Cc1c(CNc2ncnc(N)c2C#N)cc2ccc(F)cn2c1=O. The summed E-state index contributed by atoms with van der Waals surface area (Å²) in [6, 6.07) is 6.54. The van der Waals surface area contributed by atoms with E-state index in [9.17, 15) is 9.18 Å². The van der Waals surface area contributed by atoms with Gasteiger partial charge >= 0.3 is 0 Å². The van der Waals surface area contributed by atoms with Crippen molar-refractivity contribution in [1.29, 1.82) is 5.26 Å². The molecule has 0 aliphatic carbocycles. The molecule has 8 heteroatoms. The van der Waals surface area contributed by atoms with Crippen LogP contribution in [0.1, 0.15) is 16.7 Å². The van der Waals surface area contributed by atoms with E-state index in [0.717, 1.165) is 6.20 Å². The van der Waals surface area contributed by atoms with E-state index in [1.807, 2.05) is 6.07 Å². The number of anilines is 2. The lowest BCUT2D eigenvalue weighted by atomic mass is 10.1. The van der Waals surface area contributed by atoms with Crippen LogP contribution in [0.5, 0.6) is 0 Å². The molecule has 3 N–H and O–H groups in total. The minimum atomic E-state index is -0.481. The highest BCUT2D eigenvalue weighted by Gasteiger charge is 2.11. The van der Waals surface area contributed by atoms with E-state index in [1.165, 1.54) is 22.9 Å². The van der Waals surface area contributed by atoms with Gasteiger partial charge in [0, 0.05) is 23.8 Å². The maximum absolute atomic E-state index is 13.3. The summed E-state index contributed by atoms with van der Waals surface area (Å²) in [6.07, 6.45) is 2.41. The molecule has 0 radical (unpaired) electrons. The molecule has 3 rings (SSSR count). The van der Waals surface area contributed by atoms with Gasteiger partial charge in [0.05, 0.1) is 0 Å². The summed E-state index contributed by atoms with van der Waals surface area (Å²) in [5.74, 6) is -0.102. The van der Waals surface area contributed by atoms with Crippen LogP contribution < -0.4 is 16.6 Å². The molecule has 0 amide bonds. The van der Waals surface area contributed by atoms with Crippen LogP contribution >= 0.6 is 0 Å². The minimum Gasteiger partial charge on any atom is -0.382 e. The second kappa shape index (κ2) is 5.96. The number of pyridine rings is 2. The molecule has 0 fully saturated rings. The van der Waals surface area contributed by atoms with Crippen molar-refractivity contribution in [2.24, 2.45) is 0 Å². The molecule has 0 aromatic carbocycles. The Morgan fingerprint density at radius 3 is 2.96 bits per heavy atom. The Hall–Kier alpha value is -3.47. The third-order valence-corrected chi connectivity index (χ3v) is 3.72. The Bertz CT molecular complexity index is 1040. The van der Waals surface area contributed by atoms with E-state index >= 15 is 0 Å². The fourth-order valence-corrected chi connectivity index (χ4v) is 2.39. The molecule has 7 nitrogen and oxygen atoms in total. The topological polar surface area (TPSA) is 109 Å². The number of rotatable bonds is 3. The third kappa shape index (κ3) is 2.63. The number of nitrogens with one attached hydrogen (secondary N) is 1. The molecule has 0 bridgehead atoms. The Kier molecular flexibility index (Phi) is 3.83. The smallest absolute Gasteiger partial charge is 0.258 e. The maximum atomic E-state index is 13.3. The van der Waals surface area contributed by atoms with Gasteiger partial charge in [0.15, 0.2) is 0 Å². The van der Waals surface area contributed by atoms with Gasteiger partial charge in [-0.25, -0.2) is 14.4 Å². The van der Waals surface area contributed by atoms with Crippen molar-refractivity contribution in [1.82, 2.24) is 14.4 Å². The average molecular weight is 324 g/mol. The summed E-state index contributed by atoms with van der Waals surface area (Å²) in [5.41, 5.74) is 7.26. The van der Waals surface area contributed by atoms with Crippen molar-refractivity contribution in [2.45, 2.75) is 13.5 Å². The van der Waals surface area contributed by atoms with Crippen LogP contribution in [0.25, 0.3) is 5.52 Å². The zero-order valence-corrected chi connectivity index (χ0v) is 12.7. The number of fused-ring (bicyclic) bond motifs is 1. The lowest BCUT2D eigenvalue weighted by Crippen LogP contribution is -2.20. The van der Waals surface area contributed by atoms with Gasteiger partial charge in [0.1, 0.15) is 35.4 Å². The maximum Gasteiger partial charge on any atom is 0.258 e. The van der Waals surface area contributed by atoms with E-state index in [-0.39, 0.29) is 23.5 Å². The van der Waals surface area contributed by atoms with E-state index < -0.39 is 5.82 Å². The first-order chi connectivity index (χ1) is 11.5. The highest BCUT2D eigenvalue weighted by atomic mass is 19.1. The Labute approximate surface area is 136 Å². The number of hydrogen-bond acceptors (Lipinski definition) is 6. The number of halogens is 1. The molecule has 3 heterocycles. The first-order valence-corrected chi connectivity index (χ1v) is 7.06. The molecule has 0 spiro atoms. The number of nitrogens with two attached hydrogens (primary N) is 1. The van der Waals surface area contributed by atoms with Crippen molar-refractivity contribution in [3.05, 3.63) is 63.6 Å². The van der Waals surface area contributed by atoms with E-state index in [2.05, 4.69) is 15.3 Å². The van der Waals surface area contributed by atoms with E-state index in [0.29, 0.717) is 22.5 Å². The molecule has 0 saturated heterocycles. The highest BCUT2D eigenvalue weighted by Crippen LogP contribution is 2.17. The second-order valence-electron chi connectivity index (χ2n) is 5.19. The van der Waals surface area contributed by atoms with Gasteiger partial charge < -0.3 is 11.1 Å². The molecular formula is C16H13FN6O. The highest BCUT2D eigenvalue weighted by molar-refractivity contribution is 5.62. The van der Waals surface area contributed by atoms with Crippen LogP contribution in [-0.2, 0) is 6.54 Å². The van der Waals surface area contributed by atoms with Crippen molar-refractivity contribution >= 4 is 17.2 Å². The standard InChI is InChI=1S/C16H13FN6O/c1-9-10(4-12-3-2-11(17)7-23(12)16(9)24)6-20-15-13(5-18)14(19)21-8-22-15/h2-4,7-8H,6H2,1H3,(H3,19,20,21,22). The molecular weight excluding hydrogens is 311 g/mol. The Balaban J connectivity index is 1.99. The van der Waals surface area contributed by atoms with Crippen LogP contribution in [-0.4, -0.2) is 14.4 Å². The van der Waals surface area contributed by atoms with Gasteiger partial charge in [-0.1, -0.05) is 0 Å². The summed E-state index contributed by atoms with van der Waals surface area (Å²) in [6.45, 7) is 1.93. The minimum absolute atomic E-state index is 0.0841. The monoisotopic (exact) mass is 324 g/mol. The lowest BCUT2D eigenvalue weighted by molar-refractivity contribution is 0.618. The predicted octanol–water partition coefficient (Wildman–Crippen LogP) is 1.60. The van der Waals surface area contributed by atoms with Gasteiger partial charge in [-0.15, -0.1) is 0 Å². The molecule has 120 valence electrons. The van der Waals surface area contributed by atoms with Crippen LogP contribution in [0.4, 0.5) is 16.0 Å². The Morgan fingerprint density at radius 2 is 2.21 bits per heavy atom. The third-order valence-electron chi connectivity index (χ3n) is 3.72. The van der Waals surface area contributed by atoms with Crippen LogP contribution in [0.2, 0.25) is 0 Å². The van der Waals surface area contributed by atoms with E-state index in [4.69, 9.17) is 11.0 Å². The molecule has 0 aliphatic heterocycles. The summed E-state index contributed by atoms with van der Waals surface area (Å²) >= 11 is 0. The molecule has 24 heavy (non-hydrogen) atoms. The van der Waals surface area contributed by atoms with Gasteiger partial charge in [-0.05, 0) is 30.7 Å². The Morgan fingerprint density at radius 1 is 1.42 bits per heavy atom. The summed E-state index contributed by atoms with van der Waals surface area (Å²) in [4.78, 5) is 20.1. The van der Waals surface area contributed by atoms with Crippen molar-refractivity contribution in [3.8, 4) is 6.07 Å². The van der Waals surface area contributed by atoms with Crippen LogP contribution in [0.3, 0.4) is 0 Å². The second-order valence-corrected chi connectivity index (χ2v) is 5.19. The van der Waals surface area contributed by atoms with Crippen molar-refractivity contribution < 1.29 is 4.39 Å². The molecule has 3 aromatic rings. The number of nitrogens with zero attached hydrogens (tertiary/aromatic N) is 4. The van der Waals surface area contributed by atoms with Crippen LogP contribution in [0, 0.1) is 24.1 Å². The lowest BCUT2D eigenvalue weighted by Gasteiger charge is -2.11. The van der Waals surface area contributed by atoms with Crippen molar-refractivity contribution in [3.63, 3.8) is 0 Å². The number of nitrogen functional groups attached to an aromatic ring is 1. The molecule has 3 aromatic heterocycles. The van der Waals surface area contributed by atoms with Crippen LogP contribution in [0.15, 0.2) is 35.5 Å². The molecule has 0 aliphatic rings. The van der Waals surface area contributed by atoms with Gasteiger partial charge in [-0.3, -0.25) is 9.20 Å². The molecule has 0 unspecified atom stereocenters. The summed E-state index contributed by atoms with van der Waals surface area (Å²) in [7, 11) is 0. The molecule has 0 atom stereocenters. The first-order valence-electron chi connectivity index (χ1n) is 7.06. The normalized spacial score (nSPS) is 10.5. The average Bonchev–Trinajstić information content (AvgIpc) is 2.57. The quantitative estimate of drug-likeness (QED) is 0.757. The number of hydrogen-bond donors (Lipinski definition) is 2. The van der Waals surface area contributed by atoms with Gasteiger partial charge in [0.2, 0.25) is 0 Å². The zero-order valence-electron chi connectivity index (χ0n) is 12.7. The van der Waals surface area contributed by atoms with Gasteiger partial charge in [-0.2, -0.15) is 5.26 Å². The number of nitriles is 1. The van der Waals surface area contributed by atoms with Crippen molar-refractivity contribution in [2.75, 3.05) is 11.1 Å². The summed E-state index contributed by atoms with van der Waals surface area (Å²) < 4.78 is 14.6. The first kappa shape index (κ1) is 15.4.